The average Bonchev–Trinajstić information content (AvgIpc) is 2.30. The van der Waals surface area contributed by atoms with E-state index >= 15 is 0 Å². The predicted octanol–water partition coefficient (Wildman–Crippen LogP) is 2.58. The Hall–Kier alpha value is -1.73. The van der Waals surface area contributed by atoms with E-state index in [2.05, 4.69) is 15.0 Å². The largest absolute Gasteiger partial charge is 0.319 e. The third kappa shape index (κ3) is 2.89. The summed E-state index contributed by atoms with van der Waals surface area (Å²) in [6.07, 6.45) is 4.28. The molecule has 0 radical (unpaired) electrons. The topological polar surface area (TPSA) is 81.8 Å². The molecule has 0 saturated heterocycles. The lowest BCUT2D eigenvalue weighted by Gasteiger charge is -2.01. The molecule has 0 saturated carbocycles. The average molecular weight is 269 g/mol. The molecule has 0 N–H and O–H groups in total. The number of rotatable bonds is 3. The smallest absolute Gasteiger partial charge is 0.265 e. The highest BCUT2D eigenvalue weighted by Gasteiger charge is 2.17. The molecule has 0 amide bonds. The van der Waals surface area contributed by atoms with Gasteiger partial charge in [-0.1, -0.05) is 11.8 Å². The van der Waals surface area contributed by atoms with Crippen LogP contribution in [0.5, 0.6) is 0 Å². The minimum atomic E-state index is -0.542. The zero-order valence-electron chi connectivity index (χ0n) is 8.28. The van der Waals surface area contributed by atoms with E-state index < -0.39 is 4.92 Å². The molecule has 2 heterocycles. The molecule has 2 aromatic heterocycles. The summed E-state index contributed by atoms with van der Waals surface area (Å²) in [6.45, 7) is 0. The van der Waals surface area contributed by atoms with Crippen LogP contribution < -0.4 is 0 Å². The second-order valence-corrected chi connectivity index (χ2v) is 4.27. The molecule has 0 atom stereocenters. The van der Waals surface area contributed by atoms with Crippen LogP contribution in [0.2, 0.25) is 5.28 Å². The molecule has 0 aliphatic carbocycles. The number of hydrogen-bond donors (Lipinski definition) is 0. The van der Waals surface area contributed by atoms with Gasteiger partial charge in [0.25, 0.3) is 0 Å². The van der Waals surface area contributed by atoms with Crippen LogP contribution in [0.1, 0.15) is 0 Å². The van der Waals surface area contributed by atoms with Crippen molar-refractivity contribution in [1.82, 2.24) is 15.0 Å². The Balaban J connectivity index is 2.37. The van der Waals surface area contributed by atoms with E-state index in [0.717, 1.165) is 22.9 Å². The summed E-state index contributed by atoms with van der Waals surface area (Å²) >= 11 is 6.76. The van der Waals surface area contributed by atoms with Crippen molar-refractivity contribution in [3.05, 3.63) is 46.1 Å². The first-order valence-electron chi connectivity index (χ1n) is 4.41. The van der Waals surface area contributed by atoms with Crippen molar-refractivity contribution >= 4 is 29.1 Å². The van der Waals surface area contributed by atoms with Crippen LogP contribution in [0.3, 0.4) is 0 Å². The number of aromatic nitrogens is 3. The molecule has 2 aromatic rings. The lowest BCUT2D eigenvalue weighted by atomic mass is 10.5. The van der Waals surface area contributed by atoms with Crippen LogP contribution in [0, 0.1) is 10.1 Å². The zero-order valence-corrected chi connectivity index (χ0v) is 9.85. The van der Waals surface area contributed by atoms with Crippen molar-refractivity contribution in [2.45, 2.75) is 9.92 Å². The number of halogens is 1. The highest BCUT2D eigenvalue weighted by Crippen LogP contribution is 2.32. The number of pyridine rings is 1. The van der Waals surface area contributed by atoms with Gasteiger partial charge in [0, 0.05) is 17.3 Å². The molecular weight excluding hydrogens is 264 g/mol. The first kappa shape index (κ1) is 11.7. The summed E-state index contributed by atoms with van der Waals surface area (Å²) in [4.78, 5) is 22.3. The quantitative estimate of drug-likeness (QED) is 0.368. The van der Waals surface area contributed by atoms with E-state index in [0.29, 0.717) is 0 Å². The molecule has 0 aromatic carbocycles. The normalized spacial score (nSPS) is 10.2. The first-order chi connectivity index (χ1) is 8.16. The maximum atomic E-state index is 10.8. The highest BCUT2D eigenvalue weighted by molar-refractivity contribution is 7.99. The van der Waals surface area contributed by atoms with Gasteiger partial charge < -0.3 is 0 Å². The van der Waals surface area contributed by atoms with E-state index in [4.69, 9.17) is 11.6 Å². The van der Waals surface area contributed by atoms with E-state index in [9.17, 15) is 10.1 Å². The van der Waals surface area contributed by atoms with Gasteiger partial charge in [-0.3, -0.25) is 15.1 Å². The molecule has 8 heteroatoms. The first-order valence-corrected chi connectivity index (χ1v) is 5.61. The maximum absolute atomic E-state index is 10.8. The molecule has 86 valence electrons. The van der Waals surface area contributed by atoms with Crippen LogP contribution in [0.4, 0.5) is 5.69 Å². The minimum absolute atomic E-state index is 0.0212. The summed E-state index contributed by atoms with van der Waals surface area (Å²) in [6, 6.07) is 3.45. The van der Waals surface area contributed by atoms with E-state index in [-0.39, 0.29) is 16.0 Å². The molecule has 0 aliphatic rings. The fourth-order valence-electron chi connectivity index (χ4n) is 1.06. The number of hydrogen-bond acceptors (Lipinski definition) is 6. The summed E-state index contributed by atoms with van der Waals surface area (Å²) in [5.41, 5.74) is -0.170. The monoisotopic (exact) mass is 268 g/mol. The van der Waals surface area contributed by atoms with Gasteiger partial charge in [0.2, 0.25) is 5.28 Å². The fraction of sp³-hybridized carbons (Fsp3) is 0. The van der Waals surface area contributed by atoms with Crippen molar-refractivity contribution < 1.29 is 4.92 Å². The fourth-order valence-corrected chi connectivity index (χ4v) is 2.09. The summed E-state index contributed by atoms with van der Waals surface area (Å²) in [5, 5.41) is 11.0. The standard InChI is InChI=1S/C9H5ClN4O2S/c10-9-12-5-7(14(15)16)8(13-9)17-6-1-3-11-4-2-6/h1-5H. The van der Waals surface area contributed by atoms with Gasteiger partial charge in [-0.2, -0.15) is 0 Å². The Morgan fingerprint density at radius 1 is 1.35 bits per heavy atom. The lowest BCUT2D eigenvalue weighted by molar-refractivity contribution is -0.388. The third-order valence-corrected chi connectivity index (χ3v) is 2.95. The number of nitro groups is 1. The van der Waals surface area contributed by atoms with Gasteiger partial charge in [-0.05, 0) is 23.7 Å². The molecule has 17 heavy (non-hydrogen) atoms. The van der Waals surface area contributed by atoms with E-state index in [1.54, 1.807) is 24.5 Å². The predicted molar refractivity (Wildman–Crippen MR) is 62.1 cm³/mol. The summed E-state index contributed by atoms with van der Waals surface area (Å²) in [5.74, 6) is 0. The van der Waals surface area contributed by atoms with Gasteiger partial charge in [-0.15, -0.1) is 0 Å². The van der Waals surface area contributed by atoms with Crippen molar-refractivity contribution in [2.75, 3.05) is 0 Å². The molecule has 0 spiro atoms. The molecule has 0 aliphatic heterocycles. The Bertz CT molecular complexity index is 552. The Morgan fingerprint density at radius 2 is 2.06 bits per heavy atom. The van der Waals surface area contributed by atoms with Crippen LogP contribution in [-0.4, -0.2) is 19.9 Å². The lowest BCUT2D eigenvalue weighted by Crippen LogP contribution is -1.95. The molecule has 2 rings (SSSR count). The Morgan fingerprint density at radius 3 is 2.71 bits per heavy atom. The Labute approximate surface area is 105 Å². The van der Waals surface area contributed by atoms with Crippen molar-refractivity contribution in [2.24, 2.45) is 0 Å². The zero-order chi connectivity index (χ0) is 12.3. The van der Waals surface area contributed by atoms with Gasteiger partial charge in [0.1, 0.15) is 6.20 Å². The van der Waals surface area contributed by atoms with Crippen LogP contribution in [-0.2, 0) is 0 Å². The second kappa shape index (κ2) is 5.07. The minimum Gasteiger partial charge on any atom is -0.265 e. The second-order valence-electron chi connectivity index (χ2n) is 2.87. The van der Waals surface area contributed by atoms with Gasteiger partial charge in [0.15, 0.2) is 5.03 Å². The van der Waals surface area contributed by atoms with E-state index in [1.807, 2.05) is 0 Å². The van der Waals surface area contributed by atoms with Crippen molar-refractivity contribution in [1.29, 1.82) is 0 Å². The van der Waals surface area contributed by atoms with Gasteiger partial charge in [-0.25, -0.2) is 9.97 Å². The molecule has 0 fully saturated rings. The summed E-state index contributed by atoms with van der Waals surface area (Å²) < 4.78 is 0. The van der Waals surface area contributed by atoms with Crippen molar-refractivity contribution in [3.63, 3.8) is 0 Å². The number of nitrogens with zero attached hydrogens (tertiary/aromatic N) is 4. The van der Waals surface area contributed by atoms with Gasteiger partial charge in [0.05, 0.1) is 4.92 Å². The third-order valence-electron chi connectivity index (χ3n) is 1.77. The van der Waals surface area contributed by atoms with Crippen LogP contribution >= 0.6 is 23.4 Å². The SMILES string of the molecule is O=[N+]([O-])c1cnc(Cl)nc1Sc1ccncc1. The van der Waals surface area contributed by atoms with E-state index in [1.165, 1.54) is 0 Å². The Kier molecular flexibility index (Phi) is 3.50. The van der Waals surface area contributed by atoms with Crippen LogP contribution in [0.25, 0.3) is 0 Å². The maximum Gasteiger partial charge on any atom is 0.319 e. The summed E-state index contributed by atoms with van der Waals surface area (Å²) in [7, 11) is 0. The molecular formula is C9H5ClN4O2S. The van der Waals surface area contributed by atoms with Crippen LogP contribution in [0.15, 0.2) is 40.6 Å². The molecule has 0 unspecified atom stereocenters. The highest BCUT2D eigenvalue weighted by atomic mass is 35.5. The van der Waals surface area contributed by atoms with Gasteiger partial charge >= 0.3 is 5.69 Å². The van der Waals surface area contributed by atoms with Crippen molar-refractivity contribution in [3.8, 4) is 0 Å². The molecule has 0 bridgehead atoms. The molecule has 6 nitrogen and oxygen atoms in total.